The molecule has 2 aliphatic heterocycles. The number of anilines is 1. The minimum Gasteiger partial charge on any atom is -0.484 e. The van der Waals surface area contributed by atoms with Crippen LogP contribution in [0.1, 0.15) is 16.8 Å². The number of ether oxygens (including phenoxy) is 2. The average molecular weight is 368 g/mol. The fourth-order valence-corrected chi connectivity index (χ4v) is 3.29. The maximum Gasteiger partial charge on any atom is 0.260 e. The maximum absolute atomic E-state index is 12.6. The van der Waals surface area contributed by atoms with E-state index in [1.807, 2.05) is 42.3 Å². The molecule has 27 heavy (non-hydrogen) atoms. The molecule has 0 radical (unpaired) electrons. The highest BCUT2D eigenvalue weighted by Crippen LogP contribution is 2.20. The Morgan fingerprint density at radius 1 is 1.19 bits per heavy atom. The van der Waals surface area contributed by atoms with Crippen molar-refractivity contribution in [2.45, 2.75) is 19.9 Å². The van der Waals surface area contributed by atoms with Gasteiger partial charge in [0.25, 0.3) is 5.91 Å². The van der Waals surface area contributed by atoms with Crippen LogP contribution < -0.4 is 9.64 Å². The van der Waals surface area contributed by atoms with Crippen molar-refractivity contribution in [1.82, 2.24) is 14.9 Å². The summed E-state index contributed by atoms with van der Waals surface area (Å²) in [5.74, 6) is 1.42. The van der Waals surface area contributed by atoms with Gasteiger partial charge in [-0.25, -0.2) is 9.97 Å². The first-order valence-electron chi connectivity index (χ1n) is 9.34. The number of hydrogen-bond acceptors (Lipinski definition) is 6. The molecule has 0 unspecified atom stereocenters. The Morgan fingerprint density at radius 2 is 1.96 bits per heavy atom. The van der Waals surface area contributed by atoms with Gasteiger partial charge in [0.15, 0.2) is 6.61 Å². The summed E-state index contributed by atoms with van der Waals surface area (Å²) in [7, 11) is 0. The summed E-state index contributed by atoms with van der Waals surface area (Å²) in [5, 5.41) is 0. The summed E-state index contributed by atoms with van der Waals surface area (Å²) in [6, 6.07) is 7.72. The molecule has 1 aromatic carbocycles. The second-order valence-electron chi connectivity index (χ2n) is 6.91. The Balaban J connectivity index is 1.39. The van der Waals surface area contributed by atoms with E-state index < -0.39 is 0 Å². The number of amides is 1. The molecule has 2 aliphatic rings. The zero-order chi connectivity index (χ0) is 18.6. The van der Waals surface area contributed by atoms with Crippen LogP contribution in [-0.4, -0.2) is 60.2 Å². The zero-order valence-electron chi connectivity index (χ0n) is 15.6. The number of aromatic nitrogens is 2. The normalized spacial score (nSPS) is 16.8. The minimum atomic E-state index is -0.0206. The molecule has 0 saturated carbocycles. The van der Waals surface area contributed by atoms with Crippen molar-refractivity contribution in [2.24, 2.45) is 0 Å². The summed E-state index contributed by atoms with van der Waals surface area (Å²) in [5.41, 5.74) is 3.22. The van der Waals surface area contributed by atoms with Gasteiger partial charge >= 0.3 is 0 Å². The number of hydrogen-bond donors (Lipinski definition) is 0. The molecule has 3 heterocycles. The summed E-state index contributed by atoms with van der Waals surface area (Å²) in [4.78, 5) is 25.7. The Bertz CT molecular complexity index is 803. The van der Waals surface area contributed by atoms with Crippen LogP contribution in [0.25, 0.3) is 0 Å². The van der Waals surface area contributed by atoms with E-state index in [9.17, 15) is 4.79 Å². The Kier molecular flexibility index (Phi) is 5.20. The molecule has 1 saturated heterocycles. The molecule has 1 amide bonds. The van der Waals surface area contributed by atoms with Gasteiger partial charge in [-0.05, 0) is 31.0 Å². The van der Waals surface area contributed by atoms with Crippen LogP contribution in [0.2, 0.25) is 0 Å². The van der Waals surface area contributed by atoms with E-state index >= 15 is 0 Å². The summed E-state index contributed by atoms with van der Waals surface area (Å²) in [6.07, 6.45) is 2.67. The third-order valence-corrected chi connectivity index (χ3v) is 4.96. The van der Waals surface area contributed by atoms with Crippen molar-refractivity contribution in [3.63, 3.8) is 0 Å². The lowest BCUT2D eigenvalue weighted by molar-refractivity contribution is -0.134. The van der Waals surface area contributed by atoms with E-state index in [0.717, 1.165) is 42.3 Å². The Labute approximate surface area is 158 Å². The summed E-state index contributed by atoms with van der Waals surface area (Å²) < 4.78 is 11.0. The molecular weight excluding hydrogens is 344 g/mol. The number of morpholine rings is 1. The molecule has 0 N–H and O–H groups in total. The highest BCUT2D eigenvalue weighted by molar-refractivity contribution is 5.78. The highest BCUT2D eigenvalue weighted by atomic mass is 16.5. The van der Waals surface area contributed by atoms with E-state index in [1.165, 1.54) is 0 Å². The molecule has 2 aromatic rings. The molecule has 1 fully saturated rings. The van der Waals surface area contributed by atoms with Crippen LogP contribution >= 0.6 is 0 Å². The Hall–Kier alpha value is -2.67. The van der Waals surface area contributed by atoms with Crippen LogP contribution in [0.5, 0.6) is 5.75 Å². The third-order valence-electron chi connectivity index (χ3n) is 4.96. The molecule has 0 aliphatic carbocycles. The summed E-state index contributed by atoms with van der Waals surface area (Å²) >= 11 is 0. The molecular formula is C20H24N4O3. The van der Waals surface area contributed by atoms with Crippen molar-refractivity contribution >= 4 is 11.9 Å². The number of carbonyl (C=O) groups is 1. The lowest BCUT2D eigenvalue weighted by Crippen LogP contribution is -2.40. The van der Waals surface area contributed by atoms with E-state index in [2.05, 4.69) is 9.88 Å². The molecule has 0 bridgehead atoms. The van der Waals surface area contributed by atoms with Crippen molar-refractivity contribution < 1.29 is 14.3 Å². The predicted molar refractivity (Wildman–Crippen MR) is 101 cm³/mol. The fourth-order valence-electron chi connectivity index (χ4n) is 3.29. The van der Waals surface area contributed by atoms with Gasteiger partial charge in [-0.15, -0.1) is 0 Å². The van der Waals surface area contributed by atoms with Crippen molar-refractivity contribution in [1.29, 1.82) is 0 Å². The predicted octanol–water partition coefficient (Wildman–Crippen LogP) is 1.59. The van der Waals surface area contributed by atoms with E-state index in [0.29, 0.717) is 32.1 Å². The van der Waals surface area contributed by atoms with Crippen LogP contribution in [0, 0.1) is 6.92 Å². The number of fused-ring (bicyclic) bond motifs is 1. The lowest BCUT2D eigenvalue weighted by atomic mass is 10.1. The van der Waals surface area contributed by atoms with Crippen molar-refractivity contribution in [2.75, 3.05) is 44.4 Å². The van der Waals surface area contributed by atoms with Crippen LogP contribution in [0.3, 0.4) is 0 Å². The lowest BCUT2D eigenvalue weighted by Gasteiger charge is -2.30. The van der Waals surface area contributed by atoms with Gasteiger partial charge in [0.1, 0.15) is 5.75 Å². The molecule has 1 aromatic heterocycles. The fraction of sp³-hybridized carbons (Fsp3) is 0.450. The third kappa shape index (κ3) is 4.19. The van der Waals surface area contributed by atoms with Crippen LogP contribution in [0.15, 0.2) is 30.5 Å². The topological polar surface area (TPSA) is 67.8 Å². The Morgan fingerprint density at radius 3 is 2.74 bits per heavy atom. The van der Waals surface area contributed by atoms with Gasteiger partial charge < -0.3 is 19.3 Å². The largest absolute Gasteiger partial charge is 0.484 e. The molecule has 7 heteroatoms. The standard InChI is InChI=1S/C20H24N4O3/c1-15-2-4-17(5-3-15)27-14-19(25)24-7-6-16-12-21-20(22-18(16)13-24)23-8-10-26-11-9-23/h2-5,12H,6-11,13-14H2,1H3. The van der Waals surface area contributed by atoms with E-state index in [1.54, 1.807) is 0 Å². The highest BCUT2D eigenvalue weighted by Gasteiger charge is 2.24. The molecule has 142 valence electrons. The molecule has 0 spiro atoms. The van der Waals surface area contributed by atoms with E-state index in [4.69, 9.17) is 14.5 Å². The second-order valence-corrected chi connectivity index (χ2v) is 6.91. The zero-order valence-corrected chi connectivity index (χ0v) is 15.6. The van der Waals surface area contributed by atoms with Crippen LogP contribution in [0.4, 0.5) is 5.95 Å². The van der Waals surface area contributed by atoms with Crippen molar-refractivity contribution in [3.8, 4) is 5.75 Å². The monoisotopic (exact) mass is 368 g/mol. The van der Waals surface area contributed by atoms with Crippen molar-refractivity contribution in [3.05, 3.63) is 47.3 Å². The van der Waals surface area contributed by atoms with E-state index in [-0.39, 0.29) is 12.5 Å². The smallest absolute Gasteiger partial charge is 0.260 e. The van der Waals surface area contributed by atoms with Gasteiger partial charge in [-0.2, -0.15) is 0 Å². The van der Waals surface area contributed by atoms with Crippen LogP contribution in [-0.2, 0) is 22.5 Å². The number of benzene rings is 1. The first kappa shape index (κ1) is 17.7. The number of rotatable bonds is 4. The minimum absolute atomic E-state index is 0.0206. The number of aryl methyl sites for hydroxylation is 1. The first-order chi connectivity index (χ1) is 13.2. The second kappa shape index (κ2) is 7.92. The maximum atomic E-state index is 12.6. The van der Waals surface area contributed by atoms with Gasteiger partial charge in [0, 0.05) is 25.8 Å². The average Bonchev–Trinajstić information content (AvgIpc) is 2.73. The number of carbonyl (C=O) groups excluding carboxylic acids is 1. The SMILES string of the molecule is Cc1ccc(OCC(=O)N2CCc3cnc(N4CCOCC4)nc3C2)cc1. The van der Waals surface area contributed by atoms with Gasteiger partial charge in [-0.1, -0.05) is 17.7 Å². The van der Waals surface area contributed by atoms with Gasteiger partial charge in [-0.3, -0.25) is 4.79 Å². The first-order valence-corrected chi connectivity index (χ1v) is 9.34. The quantitative estimate of drug-likeness (QED) is 0.816. The molecule has 0 atom stereocenters. The molecule has 7 nitrogen and oxygen atoms in total. The summed E-state index contributed by atoms with van der Waals surface area (Å²) in [6.45, 7) is 6.22. The van der Waals surface area contributed by atoms with Gasteiger partial charge in [0.2, 0.25) is 5.95 Å². The number of nitrogens with zero attached hydrogens (tertiary/aromatic N) is 4. The van der Waals surface area contributed by atoms with Gasteiger partial charge in [0.05, 0.1) is 25.5 Å². The molecule has 4 rings (SSSR count).